The van der Waals surface area contributed by atoms with E-state index in [0.717, 1.165) is 17.5 Å². The Morgan fingerprint density at radius 3 is 1.79 bits per heavy atom. The van der Waals surface area contributed by atoms with Gasteiger partial charge >= 0.3 is 0 Å². The normalized spacial score (nSPS) is 13.3. The van der Waals surface area contributed by atoms with Crippen molar-refractivity contribution in [2.75, 3.05) is 0 Å². The first-order chi connectivity index (χ1) is 11.5. The van der Waals surface area contributed by atoms with Gasteiger partial charge in [0.05, 0.1) is 5.92 Å². The minimum atomic E-state index is -0.669. The molecule has 2 aromatic carbocycles. The molecule has 24 heavy (non-hydrogen) atoms. The second-order valence-electron chi connectivity index (χ2n) is 6.03. The van der Waals surface area contributed by atoms with Crippen LogP contribution in [0.3, 0.4) is 0 Å². The van der Waals surface area contributed by atoms with Crippen LogP contribution in [0.25, 0.3) is 0 Å². The molecule has 0 aliphatic rings. The minimum absolute atomic E-state index is 0.0151. The zero-order valence-corrected chi connectivity index (χ0v) is 14.1. The Kier molecular flexibility index (Phi) is 6.13. The summed E-state index contributed by atoms with van der Waals surface area (Å²) < 4.78 is 0. The van der Waals surface area contributed by atoms with Gasteiger partial charge in [0.2, 0.25) is 11.8 Å². The topological polar surface area (TPSA) is 72.2 Å². The standard InChI is InChI=1S/C20H24N2O2/c1-3-14(2)18(19(21)23)22-20(24)17(15-10-6-4-7-11-15)16-12-8-5-9-13-16/h4-14,17-18H,3H2,1-2H3,(H2,21,23)(H,22,24)/t14-,18+/m1/s1. The Balaban J connectivity index is 2.34. The van der Waals surface area contributed by atoms with Crippen LogP contribution in [0.4, 0.5) is 0 Å². The molecule has 2 atom stereocenters. The van der Waals surface area contributed by atoms with Gasteiger partial charge in [-0.2, -0.15) is 0 Å². The van der Waals surface area contributed by atoms with Gasteiger partial charge in [-0.05, 0) is 17.0 Å². The highest BCUT2D eigenvalue weighted by atomic mass is 16.2. The van der Waals surface area contributed by atoms with E-state index in [-0.39, 0.29) is 11.8 Å². The Labute approximate surface area is 143 Å². The zero-order chi connectivity index (χ0) is 17.5. The number of benzene rings is 2. The molecule has 126 valence electrons. The van der Waals surface area contributed by atoms with Gasteiger partial charge in [-0.25, -0.2) is 0 Å². The molecule has 0 unspecified atom stereocenters. The molecule has 0 heterocycles. The average Bonchev–Trinajstić information content (AvgIpc) is 2.61. The summed E-state index contributed by atoms with van der Waals surface area (Å²) in [5, 5.41) is 2.85. The summed E-state index contributed by atoms with van der Waals surface area (Å²) in [6.07, 6.45) is 0.759. The van der Waals surface area contributed by atoms with Gasteiger partial charge in [0, 0.05) is 0 Å². The van der Waals surface area contributed by atoms with Crippen molar-refractivity contribution in [2.24, 2.45) is 11.7 Å². The van der Waals surface area contributed by atoms with Crippen LogP contribution in [0, 0.1) is 5.92 Å². The first-order valence-corrected chi connectivity index (χ1v) is 8.24. The van der Waals surface area contributed by atoms with Crippen LogP contribution in [0.5, 0.6) is 0 Å². The largest absolute Gasteiger partial charge is 0.368 e. The zero-order valence-electron chi connectivity index (χ0n) is 14.1. The van der Waals surface area contributed by atoms with Crippen LogP contribution < -0.4 is 11.1 Å². The van der Waals surface area contributed by atoms with Crippen molar-refractivity contribution in [2.45, 2.75) is 32.2 Å². The monoisotopic (exact) mass is 324 g/mol. The average molecular weight is 324 g/mol. The lowest BCUT2D eigenvalue weighted by atomic mass is 9.89. The van der Waals surface area contributed by atoms with Gasteiger partial charge in [-0.1, -0.05) is 80.9 Å². The van der Waals surface area contributed by atoms with Crippen LogP contribution in [0.2, 0.25) is 0 Å². The van der Waals surface area contributed by atoms with Crippen molar-refractivity contribution in [3.8, 4) is 0 Å². The summed E-state index contributed by atoms with van der Waals surface area (Å²) in [4.78, 5) is 24.7. The first-order valence-electron chi connectivity index (χ1n) is 8.24. The Morgan fingerprint density at radius 1 is 0.958 bits per heavy atom. The molecule has 3 N–H and O–H groups in total. The minimum Gasteiger partial charge on any atom is -0.368 e. The molecule has 2 amide bonds. The lowest BCUT2D eigenvalue weighted by Crippen LogP contribution is -2.49. The molecule has 0 aromatic heterocycles. The van der Waals surface area contributed by atoms with Crippen molar-refractivity contribution in [3.05, 3.63) is 71.8 Å². The van der Waals surface area contributed by atoms with E-state index in [1.807, 2.05) is 74.5 Å². The van der Waals surface area contributed by atoms with Crippen molar-refractivity contribution in [1.29, 1.82) is 0 Å². The van der Waals surface area contributed by atoms with E-state index in [1.54, 1.807) is 0 Å². The van der Waals surface area contributed by atoms with Crippen LogP contribution in [0.15, 0.2) is 60.7 Å². The number of amides is 2. The van der Waals surface area contributed by atoms with Crippen molar-refractivity contribution < 1.29 is 9.59 Å². The summed E-state index contributed by atoms with van der Waals surface area (Å²) >= 11 is 0. The van der Waals surface area contributed by atoms with E-state index in [0.29, 0.717) is 0 Å². The summed E-state index contributed by atoms with van der Waals surface area (Å²) in [5.41, 5.74) is 7.25. The van der Waals surface area contributed by atoms with E-state index in [2.05, 4.69) is 5.32 Å². The number of carbonyl (C=O) groups excluding carboxylic acids is 2. The Bertz CT molecular complexity index is 631. The van der Waals surface area contributed by atoms with Gasteiger partial charge in [0.15, 0.2) is 0 Å². The fourth-order valence-corrected chi connectivity index (χ4v) is 2.75. The highest BCUT2D eigenvalue weighted by molar-refractivity contribution is 5.92. The summed E-state index contributed by atoms with van der Waals surface area (Å²) in [7, 11) is 0. The molecule has 2 rings (SSSR count). The quantitative estimate of drug-likeness (QED) is 0.822. The van der Waals surface area contributed by atoms with Crippen molar-refractivity contribution >= 4 is 11.8 Å². The molecule has 0 fully saturated rings. The fraction of sp³-hybridized carbons (Fsp3) is 0.300. The molecule has 0 aliphatic heterocycles. The molecule has 0 bridgehead atoms. The van der Waals surface area contributed by atoms with Crippen LogP contribution >= 0.6 is 0 Å². The second-order valence-corrected chi connectivity index (χ2v) is 6.03. The number of nitrogens with one attached hydrogen (secondary N) is 1. The number of rotatable bonds is 7. The van der Waals surface area contributed by atoms with Gasteiger partial charge in [-0.3, -0.25) is 9.59 Å². The molecule has 0 aliphatic carbocycles. The maximum atomic E-state index is 13.0. The maximum absolute atomic E-state index is 13.0. The lowest BCUT2D eigenvalue weighted by molar-refractivity contribution is -0.128. The van der Waals surface area contributed by atoms with Crippen LogP contribution in [-0.2, 0) is 9.59 Å². The summed E-state index contributed by atoms with van der Waals surface area (Å²) in [6, 6.07) is 18.4. The van der Waals surface area contributed by atoms with E-state index >= 15 is 0 Å². The maximum Gasteiger partial charge on any atom is 0.240 e. The molecule has 0 spiro atoms. The third-order valence-electron chi connectivity index (χ3n) is 4.35. The smallest absolute Gasteiger partial charge is 0.240 e. The molecular weight excluding hydrogens is 300 g/mol. The van der Waals surface area contributed by atoms with Crippen molar-refractivity contribution in [1.82, 2.24) is 5.32 Å². The molecule has 2 aromatic rings. The summed E-state index contributed by atoms with van der Waals surface area (Å²) in [6.45, 7) is 3.88. The Morgan fingerprint density at radius 2 is 1.42 bits per heavy atom. The highest BCUT2D eigenvalue weighted by Crippen LogP contribution is 2.25. The van der Waals surface area contributed by atoms with Gasteiger partial charge in [-0.15, -0.1) is 0 Å². The fourth-order valence-electron chi connectivity index (χ4n) is 2.75. The van der Waals surface area contributed by atoms with E-state index in [9.17, 15) is 9.59 Å². The Hall–Kier alpha value is -2.62. The van der Waals surface area contributed by atoms with Gasteiger partial charge < -0.3 is 11.1 Å². The molecular formula is C20H24N2O2. The number of carbonyl (C=O) groups is 2. The third-order valence-corrected chi connectivity index (χ3v) is 4.35. The lowest BCUT2D eigenvalue weighted by Gasteiger charge is -2.25. The summed E-state index contributed by atoms with van der Waals surface area (Å²) in [5.74, 6) is -1.20. The number of primary amides is 1. The van der Waals surface area contributed by atoms with Crippen molar-refractivity contribution in [3.63, 3.8) is 0 Å². The predicted molar refractivity (Wildman–Crippen MR) is 95.3 cm³/mol. The number of nitrogens with two attached hydrogens (primary N) is 1. The second kappa shape index (κ2) is 8.29. The molecule has 0 radical (unpaired) electrons. The van der Waals surface area contributed by atoms with E-state index < -0.39 is 17.9 Å². The highest BCUT2D eigenvalue weighted by Gasteiger charge is 2.29. The predicted octanol–water partition coefficient (Wildman–Crippen LogP) is 2.83. The third kappa shape index (κ3) is 4.22. The SMILES string of the molecule is CC[C@@H](C)[C@H](NC(=O)C(c1ccccc1)c1ccccc1)C(N)=O. The molecule has 0 saturated heterocycles. The van der Waals surface area contributed by atoms with E-state index in [1.165, 1.54) is 0 Å². The number of hydrogen-bond acceptors (Lipinski definition) is 2. The van der Waals surface area contributed by atoms with Crippen LogP contribution in [-0.4, -0.2) is 17.9 Å². The van der Waals surface area contributed by atoms with Crippen LogP contribution in [0.1, 0.15) is 37.3 Å². The molecule has 4 nitrogen and oxygen atoms in total. The van der Waals surface area contributed by atoms with E-state index in [4.69, 9.17) is 5.73 Å². The molecule has 4 heteroatoms. The molecule has 0 saturated carbocycles. The van der Waals surface area contributed by atoms with Gasteiger partial charge in [0.25, 0.3) is 0 Å². The first kappa shape index (κ1) is 17.7. The van der Waals surface area contributed by atoms with Gasteiger partial charge in [0.1, 0.15) is 6.04 Å². The number of hydrogen-bond donors (Lipinski definition) is 2.